The van der Waals surface area contributed by atoms with Gasteiger partial charge in [0, 0.05) is 19.3 Å². The molecular weight excluding hydrogens is 318 g/mol. The number of pyridine rings is 1. The zero-order chi connectivity index (χ0) is 18.0. The van der Waals surface area contributed by atoms with Crippen molar-refractivity contribution in [3.63, 3.8) is 0 Å². The highest BCUT2D eigenvalue weighted by Crippen LogP contribution is 2.20. The Morgan fingerprint density at radius 3 is 2.44 bits per heavy atom. The Labute approximate surface area is 145 Å². The van der Waals surface area contributed by atoms with Crippen LogP contribution < -0.4 is 16.2 Å². The number of carbonyl (C=O) groups excluding carboxylic acids is 2. The molecule has 2 aromatic rings. The highest BCUT2D eigenvalue weighted by Gasteiger charge is 2.25. The van der Waals surface area contributed by atoms with Crippen LogP contribution >= 0.6 is 0 Å². The fourth-order valence-electron chi connectivity index (χ4n) is 2.70. The maximum absolute atomic E-state index is 12.8. The summed E-state index contributed by atoms with van der Waals surface area (Å²) in [5.41, 5.74) is 0.785. The van der Waals surface area contributed by atoms with Crippen molar-refractivity contribution >= 4 is 11.8 Å². The molecule has 3 rings (SSSR count). The molecule has 0 spiro atoms. The number of nitrogens with one attached hydrogen (secondary N) is 2. The van der Waals surface area contributed by atoms with Gasteiger partial charge in [-0.25, -0.2) is 0 Å². The highest BCUT2D eigenvalue weighted by molar-refractivity contribution is 5.99. The van der Waals surface area contributed by atoms with E-state index in [0.29, 0.717) is 5.56 Å². The molecular formula is C19H21N3O3. The normalized spacial score (nSPS) is 14.6. The molecule has 1 aromatic carbocycles. The first kappa shape index (κ1) is 17.0. The molecule has 6 heteroatoms. The third-order valence-corrected chi connectivity index (χ3v) is 4.39. The molecule has 130 valence electrons. The molecule has 0 bridgehead atoms. The van der Waals surface area contributed by atoms with Crippen molar-refractivity contribution in [3.8, 4) is 0 Å². The van der Waals surface area contributed by atoms with E-state index >= 15 is 0 Å². The fraction of sp³-hybridized carbons (Fsp3) is 0.316. The monoisotopic (exact) mass is 339 g/mol. The molecule has 1 aromatic heterocycles. The van der Waals surface area contributed by atoms with Crippen molar-refractivity contribution in [2.24, 2.45) is 0 Å². The van der Waals surface area contributed by atoms with Gasteiger partial charge in [0.25, 0.3) is 17.4 Å². The second kappa shape index (κ2) is 6.93. The summed E-state index contributed by atoms with van der Waals surface area (Å²) in [6.45, 7) is 1.87. The summed E-state index contributed by atoms with van der Waals surface area (Å²) in [7, 11) is 1.46. The van der Waals surface area contributed by atoms with Gasteiger partial charge in [-0.05, 0) is 31.4 Å². The van der Waals surface area contributed by atoms with E-state index < -0.39 is 11.5 Å². The van der Waals surface area contributed by atoms with Crippen LogP contribution in [0.15, 0.2) is 47.4 Å². The summed E-state index contributed by atoms with van der Waals surface area (Å²) < 4.78 is 1.45. The average Bonchev–Trinajstić information content (AvgIpc) is 3.45. The Bertz CT molecular complexity index is 854. The molecule has 6 nitrogen and oxygen atoms in total. The summed E-state index contributed by atoms with van der Waals surface area (Å²) in [6.07, 6.45) is 3.46. The Morgan fingerprint density at radius 2 is 1.84 bits per heavy atom. The first-order chi connectivity index (χ1) is 12.0. The van der Waals surface area contributed by atoms with E-state index in [1.165, 1.54) is 23.9 Å². The quantitative estimate of drug-likeness (QED) is 0.870. The van der Waals surface area contributed by atoms with Crippen LogP contribution in [0.5, 0.6) is 0 Å². The molecule has 0 unspecified atom stereocenters. The molecule has 1 aliphatic rings. The number of aromatic nitrogens is 1. The molecule has 1 fully saturated rings. The van der Waals surface area contributed by atoms with E-state index in [-0.39, 0.29) is 23.6 Å². The van der Waals surface area contributed by atoms with Crippen LogP contribution in [-0.2, 0) is 0 Å². The predicted octanol–water partition coefficient (Wildman–Crippen LogP) is 1.71. The highest BCUT2D eigenvalue weighted by atomic mass is 16.2. The summed E-state index contributed by atoms with van der Waals surface area (Å²) in [4.78, 5) is 37.3. The van der Waals surface area contributed by atoms with Crippen molar-refractivity contribution in [2.45, 2.75) is 31.8 Å². The fourth-order valence-corrected chi connectivity index (χ4v) is 2.70. The van der Waals surface area contributed by atoms with E-state index in [0.717, 1.165) is 18.4 Å². The van der Waals surface area contributed by atoms with Gasteiger partial charge in [-0.1, -0.05) is 30.3 Å². The lowest BCUT2D eigenvalue weighted by atomic mass is 10.1. The van der Waals surface area contributed by atoms with Crippen LogP contribution in [0.25, 0.3) is 0 Å². The third kappa shape index (κ3) is 3.63. The minimum Gasteiger partial charge on any atom is -0.355 e. The maximum Gasteiger partial charge on any atom is 0.264 e. The SMILES string of the molecule is CNC(=O)c1cc(C(=O)NC2CC2)cn([C@H](C)c2ccccc2)c1=O. The molecule has 0 radical (unpaired) electrons. The van der Waals surface area contributed by atoms with Gasteiger partial charge in [-0.15, -0.1) is 0 Å². The number of benzene rings is 1. The van der Waals surface area contributed by atoms with E-state index in [9.17, 15) is 14.4 Å². The molecule has 25 heavy (non-hydrogen) atoms. The average molecular weight is 339 g/mol. The van der Waals surface area contributed by atoms with Gasteiger partial charge in [0.15, 0.2) is 0 Å². The van der Waals surface area contributed by atoms with Crippen molar-refractivity contribution in [3.05, 3.63) is 69.6 Å². The smallest absolute Gasteiger partial charge is 0.264 e. The van der Waals surface area contributed by atoms with Crippen LogP contribution in [0.2, 0.25) is 0 Å². The summed E-state index contributed by atoms with van der Waals surface area (Å²) in [5.74, 6) is -0.762. The second-order valence-corrected chi connectivity index (χ2v) is 6.27. The lowest BCUT2D eigenvalue weighted by Gasteiger charge is -2.18. The molecule has 2 amide bonds. The van der Waals surface area contributed by atoms with Crippen LogP contribution in [0.1, 0.15) is 52.1 Å². The van der Waals surface area contributed by atoms with E-state index in [1.54, 1.807) is 0 Å². The number of rotatable bonds is 5. The second-order valence-electron chi connectivity index (χ2n) is 6.27. The first-order valence-corrected chi connectivity index (χ1v) is 8.35. The van der Waals surface area contributed by atoms with Gasteiger partial charge >= 0.3 is 0 Å². The minimum atomic E-state index is -0.500. The lowest BCUT2D eigenvalue weighted by Crippen LogP contribution is -2.35. The summed E-state index contributed by atoms with van der Waals surface area (Å²) in [5, 5.41) is 5.36. The van der Waals surface area contributed by atoms with Crippen molar-refractivity contribution < 1.29 is 9.59 Å². The largest absolute Gasteiger partial charge is 0.355 e. The zero-order valence-electron chi connectivity index (χ0n) is 14.3. The van der Waals surface area contributed by atoms with Gasteiger partial charge in [0.05, 0.1) is 11.6 Å². The number of amides is 2. The Hall–Kier alpha value is -2.89. The molecule has 1 saturated carbocycles. The third-order valence-electron chi connectivity index (χ3n) is 4.39. The summed E-state index contributed by atoms with van der Waals surface area (Å²) in [6, 6.07) is 10.8. The lowest BCUT2D eigenvalue weighted by molar-refractivity contribution is 0.0950. The van der Waals surface area contributed by atoms with Gasteiger partial charge < -0.3 is 15.2 Å². The topological polar surface area (TPSA) is 80.2 Å². The molecule has 0 saturated heterocycles. The zero-order valence-corrected chi connectivity index (χ0v) is 14.3. The van der Waals surface area contributed by atoms with Crippen molar-refractivity contribution in [1.29, 1.82) is 0 Å². The standard InChI is InChI=1S/C19H21N3O3/c1-12(13-6-4-3-5-7-13)22-11-14(17(23)21-15-8-9-15)10-16(19(22)25)18(24)20-2/h3-7,10-12,15H,8-9H2,1-2H3,(H,20,24)(H,21,23)/t12-/m1/s1. The first-order valence-electron chi connectivity index (χ1n) is 8.35. The summed E-state index contributed by atoms with van der Waals surface area (Å²) >= 11 is 0. The van der Waals surface area contributed by atoms with E-state index in [4.69, 9.17) is 0 Å². The molecule has 2 N–H and O–H groups in total. The van der Waals surface area contributed by atoms with Crippen LogP contribution in [0.4, 0.5) is 0 Å². The minimum absolute atomic E-state index is 0.0336. The Kier molecular flexibility index (Phi) is 4.70. The van der Waals surface area contributed by atoms with Crippen molar-refractivity contribution in [1.82, 2.24) is 15.2 Å². The Balaban J connectivity index is 2.07. The molecule has 0 aliphatic heterocycles. The van der Waals surface area contributed by atoms with E-state index in [1.807, 2.05) is 37.3 Å². The van der Waals surface area contributed by atoms with Gasteiger partial charge in [0.1, 0.15) is 5.56 Å². The number of carbonyl (C=O) groups is 2. The van der Waals surface area contributed by atoms with Crippen molar-refractivity contribution in [2.75, 3.05) is 7.05 Å². The molecule has 1 atom stereocenters. The number of hydrogen-bond donors (Lipinski definition) is 2. The van der Waals surface area contributed by atoms with Crippen LogP contribution in [0, 0.1) is 0 Å². The van der Waals surface area contributed by atoms with Gasteiger partial charge in [-0.3, -0.25) is 14.4 Å². The Morgan fingerprint density at radius 1 is 1.16 bits per heavy atom. The maximum atomic E-state index is 12.8. The van der Waals surface area contributed by atoms with E-state index in [2.05, 4.69) is 10.6 Å². The van der Waals surface area contributed by atoms with Crippen LogP contribution in [-0.4, -0.2) is 29.5 Å². The predicted molar refractivity (Wildman–Crippen MR) is 94.8 cm³/mol. The van der Waals surface area contributed by atoms with Gasteiger partial charge in [-0.2, -0.15) is 0 Å². The number of hydrogen-bond acceptors (Lipinski definition) is 3. The molecule has 1 heterocycles. The number of nitrogens with zero attached hydrogens (tertiary/aromatic N) is 1. The van der Waals surface area contributed by atoms with Crippen LogP contribution in [0.3, 0.4) is 0 Å². The van der Waals surface area contributed by atoms with Gasteiger partial charge in [0.2, 0.25) is 0 Å². The molecule has 1 aliphatic carbocycles.